The van der Waals surface area contributed by atoms with Crippen molar-refractivity contribution < 1.29 is 0 Å². The average Bonchev–Trinajstić information content (AvgIpc) is 1.90. The summed E-state index contributed by atoms with van der Waals surface area (Å²) in [6, 6.07) is 10.4. The van der Waals surface area contributed by atoms with Gasteiger partial charge < -0.3 is 0 Å². The Hall–Kier alpha value is 0. The fourth-order valence-corrected chi connectivity index (χ4v) is 1.70. The topological polar surface area (TPSA) is 0 Å². The molecule has 0 nitrogen and oxygen atoms in total. The maximum atomic E-state index is 4.25. The summed E-state index contributed by atoms with van der Waals surface area (Å²) in [7, 11) is -0.214. The molecule has 0 N–H and O–H groups in total. The van der Waals surface area contributed by atoms with E-state index in [0.29, 0.717) is 0 Å². The van der Waals surface area contributed by atoms with Crippen LogP contribution in [0.4, 0.5) is 0 Å². The first-order valence-corrected chi connectivity index (χ1v) is 5.82. The summed E-state index contributed by atoms with van der Waals surface area (Å²) >= 11 is 4.25. The van der Waals surface area contributed by atoms with Crippen molar-refractivity contribution in [3.8, 4) is 0 Å². The molecule has 8 heavy (non-hydrogen) atoms. The maximum absolute atomic E-state index is 4.25. The fraction of sp³-hybridized carbons (Fsp3) is 0. The van der Waals surface area contributed by atoms with Gasteiger partial charge >= 0.3 is 55.7 Å². The summed E-state index contributed by atoms with van der Waals surface area (Å²) in [6.07, 6.45) is 0. The van der Waals surface area contributed by atoms with Gasteiger partial charge in [0.25, 0.3) is 0 Å². The number of hydrogen-bond donors (Lipinski definition) is 1. The molecule has 44 valence electrons. The van der Waals surface area contributed by atoms with E-state index >= 15 is 0 Å². The van der Waals surface area contributed by atoms with Crippen molar-refractivity contribution in [2.45, 2.75) is 0 Å². The number of hydrogen-bond acceptors (Lipinski definition) is 1. The van der Waals surface area contributed by atoms with Crippen molar-refractivity contribution in [3.05, 3.63) is 30.3 Å². The van der Waals surface area contributed by atoms with Crippen LogP contribution in [0.5, 0.6) is 0 Å². The van der Waals surface area contributed by atoms with Crippen LogP contribution in [0.3, 0.4) is 0 Å². The first kappa shape index (κ1) is 6.12. The van der Waals surface area contributed by atoms with Crippen molar-refractivity contribution in [3.63, 3.8) is 0 Å². The Morgan fingerprint density at radius 2 is 1.75 bits per heavy atom. The van der Waals surface area contributed by atoms with Gasteiger partial charge in [0.05, 0.1) is 0 Å². The van der Waals surface area contributed by atoms with E-state index in [1.54, 1.807) is 0 Å². The van der Waals surface area contributed by atoms with Crippen LogP contribution in [0.1, 0.15) is 0 Å². The molecule has 0 spiro atoms. The molecule has 0 heterocycles. The summed E-state index contributed by atoms with van der Waals surface area (Å²) in [5.41, 5.74) is 0. The van der Waals surface area contributed by atoms with Crippen LogP contribution in [-0.2, 0) is 0 Å². The Bertz CT molecular complexity index is 150. The number of thiol groups is 1. The third kappa shape index (κ3) is 1.50. The van der Waals surface area contributed by atoms with Gasteiger partial charge in [-0.2, -0.15) is 0 Å². The van der Waals surface area contributed by atoms with Gasteiger partial charge in [-0.1, -0.05) is 0 Å². The SMILES string of the molecule is S[PH3]c1ccccc1. The zero-order valence-corrected chi connectivity index (χ0v) is 6.85. The molecule has 2 heteroatoms. The standard InChI is InChI=1S/C6H9PS/c8-7-6-4-2-1-3-5-6/h1-5,8H,7H3. The molecule has 0 atom stereocenters. The van der Waals surface area contributed by atoms with Crippen molar-refractivity contribution >= 4 is 25.3 Å². The number of rotatable bonds is 1. The van der Waals surface area contributed by atoms with Gasteiger partial charge in [-0.3, -0.25) is 0 Å². The fourth-order valence-electron chi connectivity index (χ4n) is 0.583. The van der Waals surface area contributed by atoms with Crippen LogP contribution in [0.25, 0.3) is 0 Å². The Kier molecular flexibility index (Phi) is 2.38. The molecule has 0 saturated carbocycles. The van der Waals surface area contributed by atoms with E-state index in [0.717, 1.165) is 0 Å². The predicted octanol–water partition coefficient (Wildman–Crippen LogP) is 1.30. The minimum absolute atomic E-state index is 0.214. The van der Waals surface area contributed by atoms with E-state index in [-0.39, 0.29) is 7.78 Å². The summed E-state index contributed by atoms with van der Waals surface area (Å²) in [5, 5.41) is 1.41. The molecule has 0 amide bonds. The quantitative estimate of drug-likeness (QED) is 0.445. The van der Waals surface area contributed by atoms with E-state index in [1.165, 1.54) is 5.30 Å². The molecule has 0 aliphatic heterocycles. The van der Waals surface area contributed by atoms with E-state index in [1.807, 2.05) is 6.07 Å². The normalized spacial score (nSPS) is 9.62. The second-order valence-corrected chi connectivity index (χ2v) is 3.73. The molecule has 0 aromatic heterocycles. The summed E-state index contributed by atoms with van der Waals surface area (Å²) in [4.78, 5) is 0. The van der Waals surface area contributed by atoms with Crippen LogP contribution in [-0.4, -0.2) is 0 Å². The van der Waals surface area contributed by atoms with E-state index in [4.69, 9.17) is 0 Å². The monoisotopic (exact) mass is 144 g/mol. The molecular weight excluding hydrogens is 135 g/mol. The van der Waals surface area contributed by atoms with E-state index < -0.39 is 0 Å². The van der Waals surface area contributed by atoms with Crippen LogP contribution in [0, 0.1) is 0 Å². The summed E-state index contributed by atoms with van der Waals surface area (Å²) < 4.78 is 0. The first-order valence-electron chi connectivity index (χ1n) is 2.58. The zero-order chi connectivity index (χ0) is 5.82. The summed E-state index contributed by atoms with van der Waals surface area (Å²) in [6.45, 7) is 0. The molecule has 0 radical (unpaired) electrons. The second kappa shape index (κ2) is 3.11. The molecule has 0 aliphatic rings. The van der Waals surface area contributed by atoms with Crippen LogP contribution in [0.2, 0.25) is 0 Å². The molecule has 0 aliphatic carbocycles. The summed E-state index contributed by atoms with van der Waals surface area (Å²) in [5.74, 6) is 0. The first-order chi connectivity index (χ1) is 3.93. The molecular formula is C6H9PS. The Labute approximate surface area is 56.2 Å². The van der Waals surface area contributed by atoms with Gasteiger partial charge in [-0.25, -0.2) is 0 Å². The molecule has 1 rings (SSSR count). The van der Waals surface area contributed by atoms with Gasteiger partial charge in [0.2, 0.25) is 0 Å². The van der Waals surface area contributed by atoms with Gasteiger partial charge in [0.15, 0.2) is 0 Å². The third-order valence-electron chi connectivity index (χ3n) is 1.03. The van der Waals surface area contributed by atoms with Crippen LogP contribution >= 0.6 is 20.0 Å². The minimum atomic E-state index is -0.214. The Morgan fingerprint density at radius 1 is 1.12 bits per heavy atom. The van der Waals surface area contributed by atoms with Crippen LogP contribution in [0.15, 0.2) is 30.3 Å². The predicted molar refractivity (Wildman–Crippen MR) is 46.2 cm³/mol. The molecule has 1 aromatic carbocycles. The van der Waals surface area contributed by atoms with E-state index in [9.17, 15) is 0 Å². The Balaban J connectivity index is 2.83. The van der Waals surface area contributed by atoms with Crippen molar-refractivity contribution in [2.24, 2.45) is 0 Å². The average molecular weight is 144 g/mol. The van der Waals surface area contributed by atoms with Gasteiger partial charge in [-0.15, -0.1) is 0 Å². The molecule has 1 aromatic rings. The zero-order valence-electron chi connectivity index (χ0n) is 4.54. The molecule has 0 saturated heterocycles. The van der Waals surface area contributed by atoms with E-state index in [2.05, 4.69) is 36.5 Å². The van der Waals surface area contributed by atoms with Gasteiger partial charge in [0, 0.05) is 0 Å². The Morgan fingerprint density at radius 3 is 2.12 bits per heavy atom. The molecule has 0 fully saturated rings. The van der Waals surface area contributed by atoms with Crippen molar-refractivity contribution in [1.29, 1.82) is 0 Å². The van der Waals surface area contributed by atoms with Gasteiger partial charge in [-0.05, 0) is 0 Å². The molecule has 0 bridgehead atoms. The van der Waals surface area contributed by atoms with Crippen molar-refractivity contribution in [1.82, 2.24) is 0 Å². The van der Waals surface area contributed by atoms with Gasteiger partial charge in [0.1, 0.15) is 0 Å². The molecule has 0 unspecified atom stereocenters. The van der Waals surface area contributed by atoms with Crippen molar-refractivity contribution in [2.75, 3.05) is 0 Å². The third-order valence-corrected chi connectivity index (χ3v) is 2.96. The number of benzene rings is 1. The van der Waals surface area contributed by atoms with Crippen LogP contribution < -0.4 is 5.30 Å². The second-order valence-electron chi connectivity index (χ2n) is 1.64.